The number of alkyl halides is 1. The number of halogens is 4. The molecule has 8 rings (SSSR count). The van der Waals surface area contributed by atoms with Crippen LogP contribution in [0.3, 0.4) is 0 Å². The number of ether oxygens (including phenoxy) is 1. The van der Waals surface area contributed by atoms with Crippen molar-refractivity contribution in [3.8, 4) is 17.1 Å². The number of anilines is 2. The van der Waals surface area contributed by atoms with Crippen molar-refractivity contribution in [2.24, 2.45) is 0 Å². The van der Waals surface area contributed by atoms with E-state index in [0.29, 0.717) is 37.3 Å². The van der Waals surface area contributed by atoms with Gasteiger partial charge < -0.3 is 20.3 Å². The van der Waals surface area contributed by atoms with Gasteiger partial charge in [-0.25, -0.2) is 27.9 Å². The molecule has 2 N–H and O–H groups in total. The quantitative estimate of drug-likeness (QED) is 0.248. The molecule has 3 fully saturated rings. The Labute approximate surface area is 287 Å². The standard InChI is InChI=1S/C32H32ClF3N10O2S/c1-16-11-45(31(47)46-15-38-14-39-46)17(2)10-44(16)28-20-8-21(33)23(19-4-5-22(35)27-26(19)40-29(37)49-27)24(36)25(20)41-30(42-28)48-13-32-6-3-7-43(32)12-18(34)9-32/h4-5,8,14-18H,3,6-7,9-13H2,1-2H3,(H2,37,40)/t16-,17+,18-,32+/m1/s1. The minimum absolute atomic E-state index is 0.0126. The van der Waals surface area contributed by atoms with Gasteiger partial charge in [-0.2, -0.15) is 19.7 Å². The molecule has 0 radical (unpaired) electrons. The maximum Gasteiger partial charge on any atom is 0.346 e. The molecule has 4 atom stereocenters. The fraction of sp³-hybridized carbons (Fsp3) is 0.438. The maximum absolute atomic E-state index is 17.0. The van der Waals surface area contributed by atoms with Gasteiger partial charge in [0.05, 0.1) is 20.8 Å². The summed E-state index contributed by atoms with van der Waals surface area (Å²) in [6, 6.07) is 3.27. The van der Waals surface area contributed by atoms with Crippen LogP contribution < -0.4 is 15.4 Å². The number of hydrogen-bond donors (Lipinski definition) is 1. The first kappa shape index (κ1) is 32.0. The Morgan fingerprint density at radius 2 is 1.98 bits per heavy atom. The van der Waals surface area contributed by atoms with E-state index in [1.807, 2.05) is 18.7 Å². The van der Waals surface area contributed by atoms with Gasteiger partial charge in [-0.3, -0.25) is 4.90 Å². The summed E-state index contributed by atoms with van der Waals surface area (Å²) < 4.78 is 53.8. The number of nitrogens with two attached hydrogens (primary N) is 1. The Bertz CT molecular complexity index is 2100. The van der Waals surface area contributed by atoms with E-state index in [4.69, 9.17) is 27.1 Å². The van der Waals surface area contributed by atoms with E-state index in [1.165, 1.54) is 29.5 Å². The molecule has 0 saturated carbocycles. The van der Waals surface area contributed by atoms with Gasteiger partial charge in [-0.05, 0) is 51.4 Å². The second kappa shape index (κ2) is 11.9. The Morgan fingerprint density at radius 3 is 2.78 bits per heavy atom. The van der Waals surface area contributed by atoms with Crippen LogP contribution in [0.4, 0.5) is 28.9 Å². The van der Waals surface area contributed by atoms with Crippen LogP contribution in [-0.4, -0.2) is 102 Å². The highest BCUT2D eigenvalue weighted by Crippen LogP contribution is 2.44. The summed E-state index contributed by atoms with van der Waals surface area (Å²) in [6.07, 6.45) is 3.74. The molecule has 0 unspecified atom stereocenters. The van der Waals surface area contributed by atoms with Crippen LogP contribution in [-0.2, 0) is 0 Å². The van der Waals surface area contributed by atoms with Gasteiger partial charge in [-0.1, -0.05) is 22.9 Å². The van der Waals surface area contributed by atoms with Crippen molar-refractivity contribution in [1.82, 2.24) is 39.5 Å². The second-order valence-corrected chi connectivity index (χ2v) is 14.5. The summed E-state index contributed by atoms with van der Waals surface area (Å²) >= 11 is 7.80. The van der Waals surface area contributed by atoms with Crippen molar-refractivity contribution in [1.29, 1.82) is 0 Å². The van der Waals surface area contributed by atoms with Gasteiger partial charge in [0.25, 0.3) is 0 Å². The van der Waals surface area contributed by atoms with Gasteiger partial charge in [0.2, 0.25) is 0 Å². The van der Waals surface area contributed by atoms with Crippen LogP contribution >= 0.6 is 22.9 Å². The number of rotatable bonds is 5. The Hall–Kier alpha value is -4.28. The van der Waals surface area contributed by atoms with E-state index in [9.17, 15) is 13.6 Å². The molecule has 0 spiro atoms. The Morgan fingerprint density at radius 1 is 1.14 bits per heavy atom. The van der Waals surface area contributed by atoms with E-state index in [-0.39, 0.29) is 67.7 Å². The number of aromatic nitrogens is 6. The first-order chi connectivity index (χ1) is 23.5. The molecule has 6 heterocycles. The Kier molecular flexibility index (Phi) is 7.79. The van der Waals surface area contributed by atoms with Crippen molar-refractivity contribution in [3.63, 3.8) is 0 Å². The third kappa shape index (κ3) is 5.31. The van der Waals surface area contributed by atoms with E-state index in [2.05, 4.69) is 25.0 Å². The molecular weight excluding hydrogens is 681 g/mol. The number of benzene rings is 2. The third-order valence-electron chi connectivity index (χ3n) is 9.97. The molecule has 0 aliphatic carbocycles. The molecule has 0 bridgehead atoms. The van der Waals surface area contributed by atoms with E-state index in [1.54, 1.807) is 11.0 Å². The number of fused-ring (bicyclic) bond motifs is 3. The van der Waals surface area contributed by atoms with E-state index in [0.717, 1.165) is 30.7 Å². The topological polar surface area (TPSA) is 131 Å². The highest BCUT2D eigenvalue weighted by Gasteiger charge is 2.49. The molecule has 1 amide bonds. The molecule has 5 aromatic rings. The zero-order valence-corrected chi connectivity index (χ0v) is 28.2. The zero-order valence-electron chi connectivity index (χ0n) is 26.6. The summed E-state index contributed by atoms with van der Waals surface area (Å²) in [5.41, 5.74) is 5.81. The van der Waals surface area contributed by atoms with Gasteiger partial charge in [0, 0.05) is 54.7 Å². The average Bonchev–Trinajstić information content (AvgIpc) is 3.86. The summed E-state index contributed by atoms with van der Waals surface area (Å²) in [5, 5.41) is 4.49. The lowest BCUT2D eigenvalue weighted by atomic mass is 9.95. The number of carbonyl (C=O) groups is 1. The smallest absolute Gasteiger partial charge is 0.346 e. The number of piperazine rings is 1. The highest BCUT2D eigenvalue weighted by atomic mass is 35.5. The molecule has 2 aromatic carbocycles. The number of hydrogen-bond acceptors (Lipinski definition) is 11. The molecule has 3 saturated heterocycles. The zero-order chi connectivity index (χ0) is 34.2. The molecule has 256 valence electrons. The largest absolute Gasteiger partial charge is 0.461 e. The Balaban J connectivity index is 1.23. The van der Waals surface area contributed by atoms with Gasteiger partial charge in [-0.15, -0.1) is 0 Å². The van der Waals surface area contributed by atoms with Crippen LogP contribution in [0.1, 0.15) is 33.1 Å². The first-order valence-corrected chi connectivity index (χ1v) is 17.2. The fourth-order valence-corrected chi connectivity index (χ4v) is 8.72. The predicted molar refractivity (Wildman–Crippen MR) is 180 cm³/mol. The number of thiazole rings is 1. The molecule has 3 aliphatic rings. The number of nitrogen functional groups attached to an aromatic ring is 1. The molecule has 3 aromatic heterocycles. The van der Waals surface area contributed by atoms with Gasteiger partial charge in [0.1, 0.15) is 42.6 Å². The van der Waals surface area contributed by atoms with Crippen LogP contribution in [0, 0.1) is 11.6 Å². The summed E-state index contributed by atoms with van der Waals surface area (Å²) in [5.74, 6) is -0.920. The number of amides is 1. The van der Waals surface area contributed by atoms with E-state index >= 15 is 4.39 Å². The lowest BCUT2D eigenvalue weighted by molar-refractivity contribution is 0.107. The van der Waals surface area contributed by atoms with Crippen molar-refractivity contribution in [2.75, 3.05) is 43.4 Å². The number of carbonyl (C=O) groups excluding carboxylic acids is 1. The molecule has 12 nitrogen and oxygen atoms in total. The van der Waals surface area contributed by atoms with Gasteiger partial charge in [0.15, 0.2) is 10.9 Å². The van der Waals surface area contributed by atoms with Crippen LogP contribution in [0.2, 0.25) is 5.02 Å². The molecule has 49 heavy (non-hydrogen) atoms. The fourth-order valence-electron chi connectivity index (χ4n) is 7.66. The highest BCUT2D eigenvalue weighted by molar-refractivity contribution is 7.22. The lowest BCUT2D eigenvalue weighted by Crippen LogP contribution is -2.59. The van der Waals surface area contributed by atoms with Crippen molar-refractivity contribution >= 4 is 61.0 Å². The van der Waals surface area contributed by atoms with Crippen molar-refractivity contribution in [2.45, 2.75) is 56.9 Å². The summed E-state index contributed by atoms with van der Waals surface area (Å²) in [7, 11) is 0. The van der Waals surface area contributed by atoms with Crippen molar-refractivity contribution in [3.05, 3.63) is 47.5 Å². The maximum atomic E-state index is 17.0. The van der Waals surface area contributed by atoms with E-state index < -0.39 is 23.3 Å². The summed E-state index contributed by atoms with van der Waals surface area (Å²) in [4.78, 5) is 36.6. The third-order valence-corrected chi connectivity index (χ3v) is 11.2. The monoisotopic (exact) mass is 712 g/mol. The minimum atomic E-state index is -0.953. The SMILES string of the molecule is C[C@@H]1CN(C(=O)n2cncn2)[C@@H](C)CN1c1nc(OC[C@@]23CCCN2C[C@H](F)C3)nc2c(F)c(-c3ccc(F)c4sc(N)nc34)c(Cl)cc12. The average molecular weight is 713 g/mol. The molecule has 17 heteroatoms. The van der Waals surface area contributed by atoms with Crippen LogP contribution in [0.25, 0.3) is 32.2 Å². The minimum Gasteiger partial charge on any atom is -0.461 e. The van der Waals surface area contributed by atoms with Crippen LogP contribution in [0.15, 0.2) is 30.9 Å². The van der Waals surface area contributed by atoms with Gasteiger partial charge >= 0.3 is 12.0 Å². The lowest BCUT2D eigenvalue weighted by Gasteiger charge is -2.44. The molecular formula is C32H32ClF3N10O2S. The summed E-state index contributed by atoms with van der Waals surface area (Å²) in [6.45, 7) is 5.76. The predicted octanol–water partition coefficient (Wildman–Crippen LogP) is 5.53. The normalized spacial score (nSPS) is 24.3. The van der Waals surface area contributed by atoms with Crippen molar-refractivity contribution < 1.29 is 22.7 Å². The number of nitrogens with zero attached hydrogens (tertiary/aromatic N) is 9. The molecule has 3 aliphatic heterocycles. The second-order valence-electron chi connectivity index (χ2n) is 13.1. The first-order valence-electron chi connectivity index (χ1n) is 16.0. The van der Waals surface area contributed by atoms with Crippen LogP contribution in [0.5, 0.6) is 6.01 Å².